The zero-order valence-electron chi connectivity index (χ0n) is 8.68. The zero-order valence-corrected chi connectivity index (χ0v) is 8.68. The lowest BCUT2D eigenvalue weighted by atomic mass is 10.2. The highest BCUT2D eigenvalue weighted by atomic mass is 16.1. The molecule has 0 spiro atoms. The van der Waals surface area contributed by atoms with Crippen LogP contribution >= 0.6 is 0 Å². The van der Waals surface area contributed by atoms with Gasteiger partial charge in [0, 0.05) is 12.5 Å². The number of unbranched alkanes of at least 4 members (excludes halogenated alkanes) is 1. The fraction of sp³-hybridized carbons (Fsp3) is 0.900. The van der Waals surface area contributed by atoms with Crippen molar-refractivity contribution in [1.82, 2.24) is 10.2 Å². The normalized spacial score (nSPS) is 16.2. The largest absolute Gasteiger partial charge is 0.353 e. The highest BCUT2D eigenvalue weighted by Gasteiger charge is 2.22. The zero-order chi connectivity index (χ0) is 9.68. The second-order valence-electron chi connectivity index (χ2n) is 4.10. The van der Waals surface area contributed by atoms with Crippen LogP contribution in [0.5, 0.6) is 0 Å². The number of amides is 1. The first-order chi connectivity index (χ1) is 6.18. The fourth-order valence-corrected chi connectivity index (χ4v) is 1.24. The summed E-state index contributed by atoms with van der Waals surface area (Å²) in [6.45, 7) is 1.08. The first-order valence-electron chi connectivity index (χ1n) is 5.12. The first kappa shape index (κ1) is 10.5. The van der Waals surface area contributed by atoms with Crippen LogP contribution in [0.15, 0.2) is 0 Å². The van der Waals surface area contributed by atoms with Crippen molar-refractivity contribution in [3.8, 4) is 0 Å². The minimum Gasteiger partial charge on any atom is -0.353 e. The van der Waals surface area contributed by atoms with Gasteiger partial charge < -0.3 is 10.2 Å². The van der Waals surface area contributed by atoms with Gasteiger partial charge in [-0.05, 0) is 46.3 Å². The summed E-state index contributed by atoms with van der Waals surface area (Å²) in [4.78, 5) is 13.4. The minimum atomic E-state index is 0.237. The van der Waals surface area contributed by atoms with Gasteiger partial charge in [0.1, 0.15) is 0 Å². The molecule has 1 saturated carbocycles. The number of carbonyl (C=O) groups is 1. The average Bonchev–Trinajstić information content (AvgIpc) is 2.81. The quantitative estimate of drug-likeness (QED) is 0.624. The highest BCUT2D eigenvalue weighted by molar-refractivity contribution is 5.76. The predicted octanol–water partition coefficient (Wildman–Crippen LogP) is 0.997. The number of hydrogen-bond donors (Lipinski definition) is 1. The van der Waals surface area contributed by atoms with Crippen molar-refractivity contribution in [2.45, 2.75) is 38.1 Å². The van der Waals surface area contributed by atoms with Gasteiger partial charge in [-0.15, -0.1) is 0 Å². The standard InChI is InChI=1S/C10H20N2O/c1-12(2)8-4-3-5-10(13)11-9-6-7-9/h9H,3-8H2,1-2H3,(H,11,13). The maximum Gasteiger partial charge on any atom is 0.220 e. The third-order valence-electron chi connectivity index (χ3n) is 2.20. The summed E-state index contributed by atoms with van der Waals surface area (Å²) in [5.41, 5.74) is 0. The molecular formula is C10H20N2O. The summed E-state index contributed by atoms with van der Waals surface area (Å²) in [7, 11) is 4.12. The van der Waals surface area contributed by atoms with Crippen LogP contribution in [-0.4, -0.2) is 37.5 Å². The molecule has 0 aromatic carbocycles. The van der Waals surface area contributed by atoms with Crippen molar-refractivity contribution in [2.24, 2.45) is 0 Å². The Balaban J connectivity index is 1.89. The van der Waals surface area contributed by atoms with Gasteiger partial charge >= 0.3 is 0 Å². The van der Waals surface area contributed by atoms with E-state index in [0.717, 1.165) is 19.4 Å². The maximum absolute atomic E-state index is 11.2. The maximum atomic E-state index is 11.2. The van der Waals surface area contributed by atoms with Crippen molar-refractivity contribution in [3.63, 3.8) is 0 Å². The summed E-state index contributed by atoms with van der Waals surface area (Å²) >= 11 is 0. The smallest absolute Gasteiger partial charge is 0.220 e. The minimum absolute atomic E-state index is 0.237. The molecule has 0 bridgehead atoms. The lowest BCUT2D eigenvalue weighted by Crippen LogP contribution is -2.25. The van der Waals surface area contributed by atoms with Crippen LogP contribution in [0.4, 0.5) is 0 Å². The van der Waals surface area contributed by atoms with Gasteiger partial charge in [-0.2, -0.15) is 0 Å². The molecule has 1 rings (SSSR count). The van der Waals surface area contributed by atoms with Crippen molar-refractivity contribution in [1.29, 1.82) is 0 Å². The monoisotopic (exact) mass is 184 g/mol. The summed E-state index contributed by atoms with van der Waals surface area (Å²) < 4.78 is 0. The number of rotatable bonds is 6. The molecule has 0 heterocycles. The molecule has 13 heavy (non-hydrogen) atoms. The second-order valence-corrected chi connectivity index (χ2v) is 4.10. The molecule has 0 aromatic rings. The Morgan fingerprint density at radius 2 is 2.08 bits per heavy atom. The van der Waals surface area contributed by atoms with Gasteiger partial charge in [0.25, 0.3) is 0 Å². The fourth-order valence-electron chi connectivity index (χ4n) is 1.24. The SMILES string of the molecule is CN(C)CCCCC(=O)NC1CC1. The van der Waals surface area contributed by atoms with Gasteiger partial charge in [-0.1, -0.05) is 0 Å². The third-order valence-corrected chi connectivity index (χ3v) is 2.20. The molecule has 76 valence electrons. The van der Waals surface area contributed by atoms with Crippen molar-refractivity contribution >= 4 is 5.91 Å². The Bertz CT molecular complexity index is 164. The van der Waals surface area contributed by atoms with E-state index in [1.165, 1.54) is 12.8 Å². The Labute approximate surface area is 80.5 Å². The molecule has 0 aliphatic heterocycles. The number of hydrogen-bond acceptors (Lipinski definition) is 2. The van der Waals surface area contributed by atoms with Crippen molar-refractivity contribution in [2.75, 3.05) is 20.6 Å². The van der Waals surface area contributed by atoms with E-state index in [1.54, 1.807) is 0 Å². The highest BCUT2D eigenvalue weighted by Crippen LogP contribution is 2.18. The van der Waals surface area contributed by atoms with E-state index in [2.05, 4.69) is 24.3 Å². The number of nitrogens with zero attached hydrogens (tertiary/aromatic N) is 1. The topological polar surface area (TPSA) is 32.3 Å². The molecule has 0 atom stereocenters. The lowest BCUT2D eigenvalue weighted by Gasteiger charge is -2.08. The average molecular weight is 184 g/mol. The summed E-state index contributed by atoms with van der Waals surface area (Å²) in [5.74, 6) is 0.237. The van der Waals surface area contributed by atoms with Crippen LogP contribution in [0.2, 0.25) is 0 Å². The van der Waals surface area contributed by atoms with Crippen LogP contribution in [0, 0.1) is 0 Å². The number of carbonyl (C=O) groups excluding carboxylic acids is 1. The predicted molar refractivity (Wildman–Crippen MR) is 53.6 cm³/mol. The molecule has 0 aromatic heterocycles. The molecule has 1 fully saturated rings. The molecule has 1 amide bonds. The Kier molecular flexibility index (Phi) is 4.22. The van der Waals surface area contributed by atoms with E-state index in [9.17, 15) is 4.79 Å². The Morgan fingerprint density at radius 3 is 2.62 bits per heavy atom. The molecule has 0 saturated heterocycles. The van der Waals surface area contributed by atoms with Crippen LogP contribution in [0.3, 0.4) is 0 Å². The van der Waals surface area contributed by atoms with Crippen LogP contribution in [0.25, 0.3) is 0 Å². The van der Waals surface area contributed by atoms with E-state index >= 15 is 0 Å². The lowest BCUT2D eigenvalue weighted by molar-refractivity contribution is -0.121. The summed E-state index contributed by atoms with van der Waals surface area (Å²) in [6, 6.07) is 0.515. The van der Waals surface area contributed by atoms with Gasteiger partial charge in [-0.3, -0.25) is 4.79 Å². The summed E-state index contributed by atoms with van der Waals surface area (Å²) in [5, 5.41) is 2.99. The molecule has 0 radical (unpaired) electrons. The molecule has 1 aliphatic rings. The second kappa shape index (κ2) is 5.22. The van der Waals surface area contributed by atoms with E-state index in [1.807, 2.05) is 0 Å². The van der Waals surface area contributed by atoms with Crippen molar-refractivity contribution < 1.29 is 4.79 Å². The van der Waals surface area contributed by atoms with E-state index in [0.29, 0.717) is 12.5 Å². The van der Waals surface area contributed by atoms with Crippen molar-refractivity contribution in [3.05, 3.63) is 0 Å². The Morgan fingerprint density at radius 1 is 1.38 bits per heavy atom. The van der Waals surface area contributed by atoms with E-state index < -0.39 is 0 Å². The molecule has 3 heteroatoms. The summed E-state index contributed by atoms with van der Waals surface area (Å²) in [6.07, 6.45) is 5.19. The van der Waals surface area contributed by atoms with E-state index in [4.69, 9.17) is 0 Å². The molecule has 3 nitrogen and oxygen atoms in total. The van der Waals surface area contributed by atoms with Crippen LogP contribution in [0.1, 0.15) is 32.1 Å². The Hall–Kier alpha value is -0.570. The van der Waals surface area contributed by atoms with Crippen LogP contribution in [-0.2, 0) is 4.79 Å². The molecule has 1 aliphatic carbocycles. The third kappa shape index (κ3) is 5.64. The van der Waals surface area contributed by atoms with Gasteiger partial charge in [0.05, 0.1) is 0 Å². The van der Waals surface area contributed by atoms with Gasteiger partial charge in [0.15, 0.2) is 0 Å². The number of nitrogens with one attached hydrogen (secondary N) is 1. The van der Waals surface area contributed by atoms with Gasteiger partial charge in [0.2, 0.25) is 5.91 Å². The molecule has 1 N–H and O–H groups in total. The van der Waals surface area contributed by atoms with E-state index in [-0.39, 0.29) is 5.91 Å². The van der Waals surface area contributed by atoms with Crippen LogP contribution < -0.4 is 5.32 Å². The molecule has 0 unspecified atom stereocenters. The molecular weight excluding hydrogens is 164 g/mol. The van der Waals surface area contributed by atoms with Gasteiger partial charge in [-0.25, -0.2) is 0 Å². The first-order valence-corrected chi connectivity index (χ1v) is 5.12.